The van der Waals surface area contributed by atoms with Crippen LogP contribution in [0.5, 0.6) is 0 Å². The van der Waals surface area contributed by atoms with E-state index in [0.717, 1.165) is 6.42 Å². The van der Waals surface area contributed by atoms with E-state index in [1.54, 1.807) is 0 Å². The van der Waals surface area contributed by atoms with Crippen molar-refractivity contribution in [3.8, 4) is 0 Å². The number of carbonyl (C=O) groups excluding carboxylic acids is 1. The van der Waals surface area contributed by atoms with Gasteiger partial charge in [0.1, 0.15) is 5.78 Å². The van der Waals surface area contributed by atoms with E-state index in [1.165, 1.54) is 12.8 Å². The number of hydrogen-bond acceptors (Lipinski definition) is 2. The van der Waals surface area contributed by atoms with Crippen molar-refractivity contribution in [3.05, 3.63) is 0 Å². The fourth-order valence-electron chi connectivity index (χ4n) is 2.90. The largest absolute Gasteiger partial charge is 0.330 e. The monoisotopic (exact) mass is 211 g/mol. The van der Waals surface area contributed by atoms with Gasteiger partial charge in [-0.3, -0.25) is 4.79 Å². The number of hydrogen-bond donors (Lipinski definition) is 1. The van der Waals surface area contributed by atoms with E-state index < -0.39 is 0 Å². The summed E-state index contributed by atoms with van der Waals surface area (Å²) in [7, 11) is 0. The van der Waals surface area contributed by atoms with Gasteiger partial charge in [-0.25, -0.2) is 0 Å². The molecule has 1 rings (SSSR count). The summed E-state index contributed by atoms with van der Waals surface area (Å²) < 4.78 is 0. The second kappa shape index (κ2) is 5.64. The molecule has 0 aromatic carbocycles. The van der Waals surface area contributed by atoms with Gasteiger partial charge in [0, 0.05) is 12.3 Å². The maximum Gasteiger partial charge on any atom is 0.137 e. The fraction of sp³-hybridized carbons (Fsp3) is 0.923. The topological polar surface area (TPSA) is 43.1 Å². The minimum atomic E-state index is 0.289. The van der Waals surface area contributed by atoms with Crippen molar-refractivity contribution in [2.45, 2.75) is 46.5 Å². The van der Waals surface area contributed by atoms with E-state index in [-0.39, 0.29) is 5.92 Å². The quantitative estimate of drug-likeness (QED) is 0.776. The Morgan fingerprint density at radius 3 is 2.60 bits per heavy atom. The second-order valence-electron chi connectivity index (χ2n) is 5.44. The Hall–Kier alpha value is -0.370. The number of ketones is 1. The smallest absolute Gasteiger partial charge is 0.137 e. The Labute approximate surface area is 93.6 Å². The van der Waals surface area contributed by atoms with Crippen LogP contribution in [0, 0.1) is 23.7 Å². The third kappa shape index (κ3) is 3.30. The number of carbonyl (C=O) groups is 1. The van der Waals surface area contributed by atoms with Crippen molar-refractivity contribution in [3.63, 3.8) is 0 Å². The van der Waals surface area contributed by atoms with Crippen LogP contribution in [-0.2, 0) is 4.79 Å². The molecule has 0 bridgehead atoms. The molecule has 1 fully saturated rings. The van der Waals surface area contributed by atoms with Crippen LogP contribution in [0.15, 0.2) is 0 Å². The number of nitrogens with two attached hydrogens (primary N) is 1. The first-order valence-electron chi connectivity index (χ1n) is 6.29. The minimum absolute atomic E-state index is 0.289. The molecule has 3 atom stereocenters. The molecule has 3 unspecified atom stereocenters. The molecule has 2 nitrogen and oxygen atoms in total. The lowest BCUT2D eigenvalue weighted by Crippen LogP contribution is -2.34. The summed E-state index contributed by atoms with van der Waals surface area (Å²) in [6.07, 6.45) is 4.16. The maximum absolute atomic E-state index is 12.0. The maximum atomic E-state index is 12.0. The van der Waals surface area contributed by atoms with Crippen LogP contribution in [0.1, 0.15) is 46.5 Å². The normalized spacial score (nSPS) is 31.9. The molecule has 0 aromatic heterocycles. The highest BCUT2D eigenvalue weighted by Gasteiger charge is 2.34. The van der Waals surface area contributed by atoms with E-state index >= 15 is 0 Å². The molecule has 0 heterocycles. The highest BCUT2D eigenvalue weighted by molar-refractivity contribution is 5.81. The van der Waals surface area contributed by atoms with E-state index in [0.29, 0.717) is 36.5 Å². The van der Waals surface area contributed by atoms with Gasteiger partial charge >= 0.3 is 0 Å². The predicted octanol–water partition coefficient (Wildman–Crippen LogP) is 2.61. The van der Waals surface area contributed by atoms with E-state index in [2.05, 4.69) is 20.8 Å². The molecule has 15 heavy (non-hydrogen) atoms. The standard InChI is InChI=1S/C13H25NO/c1-9(2)11-5-4-10(3)8-12(11)13(15)6-7-14/h9-12H,4-8,14H2,1-3H3. The van der Waals surface area contributed by atoms with Crippen LogP contribution >= 0.6 is 0 Å². The lowest BCUT2D eigenvalue weighted by atomic mass is 9.68. The third-order valence-corrected chi connectivity index (χ3v) is 3.83. The molecular weight excluding hydrogens is 186 g/mol. The molecular formula is C13H25NO. The first-order chi connectivity index (χ1) is 7.06. The summed E-state index contributed by atoms with van der Waals surface area (Å²) in [6.45, 7) is 7.25. The Balaban J connectivity index is 2.65. The fourth-order valence-corrected chi connectivity index (χ4v) is 2.90. The van der Waals surface area contributed by atoms with Crippen LogP contribution in [0.4, 0.5) is 0 Å². The molecule has 0 aromatic rings. The number of rotatable bonds is 4. The van der Waals surface area contributed by atoms with Gasteiger partial charge in [0.15, 0.2) is 0 Å². The average Bonchev–Trinajstić information content (AvgIpc) is 2.17. The van der Waals surface area contributed by atoms with E-state index in [9.17, 15) is 4.79 Å². The lowest BCUT2D eigenvalue weighted by molar-refractivity contribution is -0.126. The third-order valence-electron chi connectivity index (χ3n) is 3.83. The molecule has 2 heteroatoms. The molecule has 1 saturated carbocycles. The van der Waals surface area contributed by atoms with Gasteiger partial charge in [-0.1, -0.05) is 27.2 Å². The highest BCUT2D eigenvalue weighted by Crippen LogP contribution is 2.38. The second-order valence-corrected chi connectivity index (χ2v) is 5.44. The van der Waals surface area contributed by atoms with Gasteiger partial charge in [0.05, 0.1) is 0 Å². The zero-order valence-electron chi connectivity index (χ0n) is 10.3. The Kier molecular flexibility index (Phi) is 4.78. The van der Waals surface area contributed by atoms with Gasteiger partial charge < -0.3 is 5.73 Å². The summed E-state index contributed by atoms with van der Waals surface area (Å²) in [5.41, 5.74) is 5.47. The summed E-state index contributed by atoms with van der Waals surface area (Å²) in [5, 5.41) is 0. The lowest BCUT2D eigenvalue weighted by Gasteiger charge is -2.36. The Morgan fingerprint density at radius 1 is 1.40 bits per heavy atom. The highest BCUT2D eigenvalue weighted by atomic mass is 16.1. The number of Topliss-reactive ketones (excluding diaryl/α,β-unsaturated/α-hetero) is 1. The van der Waals surface area contributed by atoms with Crippen molar-refractivity contribution < 1.29 is 4.79 Å². The van der Waals surface area contributed by atoms with Crippen LogP contribution in [0.25, 0.3) is 0 Å². The molecule has 88 valence electrons. The molecule has 0 aliphatic heterocycles. The SMILES string of the molecule is CC1CCC(C(C)C)C(C(=O)CCN)C1. The molecule has 0 radical (unpaired) electrons. The van der Waals surface area contributed by atoms with Gasteiger partial charge in [0.25, 0.3) is 0 Å². The van der Waals surface area contributed by atoms with Crippen molar-refractivity contribution >= 4 is 5.78 Å². The zero-order valence-corrected chi connectivity index (χ0v) is 10.3. The van der Waals surface area contributed by atoms with Crippen molar-refractivity contribution in [1.29, 1.82) is 0 Å². The molecule has 2 N–H and O–H groups in total. The molecule has 0 saturated heterocycles. The molecule has 0 amide bonds. The van der Waals surface area contributed by atoms with Crippen LogP contribution in [0.2, 0.25) is 0 Å². The minimum Gasteiger partial charge on any atom is -0.330 e. The summed E-state index contributed by atoms with van der Waals surface area (Å²) in [4.78, 5) is 12.0. The van der Waals surface area contributed by atoms with Crippen LogP contribution in [0.3, 0.4) is 0 Å². The van der Waals surface area contributed by atoms with Gasteiger partial charge in [-0.15, -0.1) is 0 Å². The zero-order chi connectivity index (χ0) is 11.4. The molecule has 1 aliphatic carbocycles. The molecule has 0 spiro atoms. The van der Waals surface area contributed by atoms with Gasteiger partial charge in [0.2, 0.25) is 0 Å². The van der Waals surface area contributed by atoms with E-state index in [1.807, 2.05) is 0 Å². The van der Waals surface area contributed by atoms with Crippen molar-refractivity contribution in [2.75, 3.05) is 6.54 Å². The predicted molar refractivity (Wildman–Crippen MR) is 63.5 cm³/mol. The van der Waals surface area contributed by atoms with Crippen molar-refractivity contribution in [1.82, 2.24) is 0 Å². The van der Waals surface area contributed by atoms with Crippen molar-refractivity contribution in [2.24, 2.45) is 29.4 Å². The first kappa shape index (κ1) is 12.7. The summed E-state index contributed by atoms with van der Waals surface area (Å²) >= 11 is 0. The average molecular weight is 211 g/mol. The van der Waals surface area contributed by atoms with Gasteiger partial charge in [-0.05, 0) is 37.1 Å². The van der Waals surface area contributed by atoms with Gasteiger partial charge in [-0.2, -0.15) is 0 Å². The Bertz CT molecular complexity index is 213. The van der Waals surface area contributed by atoms with Crippen LogP contribution in [-0.4, -0.2) is 12.3 Å². The first-order valence-corrected chi connectivity index (χ1v) is 6.29. The summed E-state index contributed by atoms with van der Waals surface area (Å²) in [5.74, 6) is 2.64. The summed E-state index contributed by atoms with van der Waals surface area (Å²) in [6, 6.07) is 0. The Morgan fingerprint density at radius 2 is 2.07 bits per heavy atom. The molecule has 1 aliphatic rings. The van der Waals surface area contributed by atoms with Crippen LogP contribution < -0.4 is 5.73 Å². The van der Waals surface area contributed by atoms with E-state index in [4.69, 9.17) is 5.73 Å².